The maximum absolute atomic E-state index is 13.5. The summed E-state index contributed by atoms with van der Waals surface area (Å²) < 4.78 is 35.3. The molecule has 188 valence electrons. The van der Waals surface area contributed by atoms with Crippen LogP contribution in [0.2, 0.25) is 0 Å². The number of piperidine rings is 1. The molecule has 1 aliphatic rings. The SMILES string of the molecule is CCOc1ccc(N(CC)S(=O)(=O)N2CCC[C@H](C(=O)NCCc3c[nH]c4ccccc34)C2)cc1. The number of H-pyrrole nitrogens is 1. The third kappa shape index (κ3) is 5.62. The van der Waals surface area contributed by atoms with Crippen LogP contribution in [0, 0.1) is 5.92 Å². The minimum atomic E-state index is -3.76. The predicted octanol–water partition coefficient (Wildman–Crippen LogP) is 3.71. The average molecular weight is 499 g/mol. The van der Waals surface area contributed by atoms with Crippen LogP contribution >= 0.6 is 0 Å². The standard InChI is InChI=1S/C26H34N4O4S/c1-3-30(22-11-13-23(14-12-22)34-4-2)35(32,33)29-17-7-8-21(19-29)26(31)27-16-15-20-18-28-25-10-6-5-9-24(20)25/h5-6,9-14,18,21,28H,3-4,7-8,15-17,19H2,1-2H3,(H,27,31)/t21-/m0/s1. The molecule has 1 fully saturated rings. The van der Waals surface area contributed by atoms with Crippen LogP contribution in [-0.2, 0) is 21.4 Å². The third-order valence-corrected chi connectivity index (χ3v) is 8.46. The molecule has 3 aromatic rings. The number of aromatic amines is 1. The van der Waals surface area contributed by atoms with Crippen molar-refractivity contribution in [2.75, 3.05) is 37.1 Å². The maximum atomic E-state index is 13.5. The fraction of sp³-hybridized carbons (Fsp3) is 0.423. The molecule has 1 aliphatic heterocycles. The van der Waals surface area contributed by atoms with E-state index in [1.165, 1.54) is 8.61 Å². The van der Waals surface area contributed by atoms with Crippen LogP contribution in [0.1, 0.15) is 32.3 Å². The number of amides is 1. The van der Waals surface area contributed by atoms with Gasteiger partial charge in [0.15, 0.2) is 0 Å². The van der Waals surface area contributed by atoms with Crippen LogP contribution in [0.5, 0.6) is 5.75 Å². The molecule has 2 N–H and O–H groups in total. The predicted molar refractivity (Wildman–Crippen MR) is 139 cm³/mol. The number of fused-ring (bicyclic) bond motifs is 1. The minimum Gasteiger partial charge on any atom is -0.494 e. The molecule has 0 unspecified atom stereocenters. The molecular formula is C26H34N4O4S. The lowest BCUT2D eigenvalue weighted by Gasteiger charge is -2.35. The molecule has 4 rings (SSSR count). The highest BCUT2D eigenvalue weighted by Crippen LogP contribution is 2.27. The monoisotopic (exact) mass is 498 g/mol. The number of nitrogens with one attached hydrogen (secondary N) is 2. The van der Waals surface area contributed by atoms with Crippen LogP contribution in [0.15, 0.2) is 54.7 Å². The number of hydrogen-bond donors (Lipinski definition) is 2. The van der Waals surface area contributed by atoms with E-state index in [9.17, 15) is 13.2 Å². The summed E-state index contributed by atoms with van der Waals surface area (Å²) >= 11 is 0. The van der Waals surface area contributed by atoms with E-state index in [0.29, 0.717) is 56.9 Å². The summed E-state index contributed by atoms with van der Waals surface area (Å²) in [6, 6.07) is 15.1. The second-order valence-corrected chi connectivity index (χ2v) is 10.5. The molecule has 2 heterocycles. The number of rotatable bonds is 10. The van der Waals surface area contributed by atoms with E-state index in [-0.39, 0.29) is 18.4 Å². The second kappa shape index (κ2) is 11.1. The van der Waals surface area contributed by atoms with Gasteiger partial charge >= 0.3 is 10.2 Å². The lowest BCUT2D eigenvalue weighted by molar-refractivity contribution is -0.126. The van der Waals surface area contributed by atoms with Crippen LogP contribution in [0.4, 0.5) is 5.69 Å². The highest BCUT2D eigenvalue weighted by molar-refractivity contribution is 7.90. The van der Waals surface area contributed by atoms with Gasteiger partial charge in [0.25, 0.3) is 0 Å². The topological polar surface area (TPSA) is 94.7 Å². The van der Waals surface area contributed by atoms with Crippen LogP contribution in [0.3, 0.4) is 0 Å². The molecule has 1 aromatic heterocycles. The molecule has 2 aromatic carbocycles. The zero-order valence-corrected chi connectivity index (χ0v) is 21.2. The largest absolute Gasteiger partial charge is 0.494 e. The first-order valence-electron chi connectivity index (χ1n) is 12.3. The van der Waals surface area contributed by atoms with Gasteiger partial charge in [0.1, 0.15) is 5.75 Å². The number of carbonyl (C=O) groups is 1. The lowest BCUT2D eigenvalue weighted by atomic mass is 9.99. The molecule has 0 saturated carbocycles. The summed E-state index contributed by atoms with van der Waals surface area (Å²) in [5.74, 6) is 0.251. The summed E-state index contributed by atoms with van der Waals surface area (Å²) in [5.41, 5.74) is 2.82. The van der Waals surface area contributed by atoms with Gasteiger partial charge in [0.2, 0.25) is 5.91 Å². The number of benzene rings is 2. The second-order valence-electron chi connectivity index (χ2n) is 8.70. The fourth-order valence-corrected chi connectivity index (χ4v) is 6.38. The van der Waals surface area contributed by atoms with E-state index in [0.717, 1.165) is 16.5 Å². The molecule has 9 heteroatoms. The Morgan fingerprint density at radius 1 is 1.17 bits per heavy atom. The van der Waals surface area contributed by atoms with Crippen molar-refractivity contribution in [2.24, 2.45) is 5.92 Å². The molecule has 1 atom stereocenters. The molecule has 1 amide bonds. The van der Waals surface area contributed by atoms with Crippen LogP contribution < -0.4 is 14.4 Å². The molecule has 8 nitrogen and oxygen atoms in total. The van der Waals surface area contributed by atoms with Crippen LogP contribution in [-0.4, -0.2) is 56.4 Å². The van der Waals surface area contributed by atoms with Crippen LogP contribution in [0.25, 0.3) is 10.9 Å². The van der Waals surface area contributed by atoms with Gasteiger partial charge in [-0.05, 0) is 69.0 Å². The van der Waals surface area contributed by atoms with Crippen molar-refractivity contribution in [1.29, 1.82) is 0 Å². The summed E-state index contributed by atoms with van der Waals surface area (Å²) in [7, 11) is -3.76. The van der Waals surface area contributed by atoms with Crippen molar-refractivity contribution >= 4 is 32.7 Å². The summed E-state index contributed by atoms with van der Waals surface area (Å²) in [6.07, 6.45) is 4.03. The van der Waals surface area contributed by atoms with E-state index in [2.05, 4.69) is 16.4 Å². The Morgan fingerprint density at radius 3 is 2.69 bits per heavy atom. The Balaban J connectivity index is 1.37. The number of aromatic nitrogens is 1. The summed E-state index contributed by atoms with van der Waals surface area (Å²) in [6.45, 7) is 5.68. The first-order chi connectivity index (χ1) is 16.9. The third-order valence-electron chi connectivity index (χ3n) is 6.45. The highest BCUT2D eigenvalue weighted by Gasteiger charge is 2.35. The zero-order valence-electron chi connectivity index (χ0n) is 20.4. The molecular weight excluding hydrogens is 464 g/mol. The van der Waals surface area contributed by atoms with Crippen molar-refractivity contribution in [3.8, 4) is 5.75 Å². The normalized spacial score (nSPS) is 16.8. The van der Waals surface area contributed by atoms with Gasteiger partial charge in [-0.3, -0.25) is 9.10 Å². The molecule has 0 aliphatic carbocycles. The van der Waals surface area contributed by atoms with E-state index < -0.39 is 10.2 Å². The van der Waals surface area contributed by atoms with Crippen molar-refractivity contribution in [3.63, 3.8) is 0 Å². The van der Waals surface area contributed by atoms with E-state index >= 15 is 0 Å². The Morgan fingerprint density at radius 2 is 1.94 bits per heavy atom. The van der Waals surface area contributed by atoms with E-state index in [1.54, 1.807) is 24.3 Å². The fourth-order valence-electron chi connectivity index (χ4n) is 4.66. The Labute approximate surface area is 207 Å². The molecule has 0 spiro atoms. The quantitative estimate of drug-likeness (QED) is 0.446. The van der Waals surface area contributed by atoms with E-state index in [1.807, 2.05) is 38.2 Å². The molecule has 1 saturated heterocycles. The Kier molecular flexibility index (Phi) is 7.97. The average Bonchev–Trinajstić information content (AvgIpc) is 3.29. The van der Waals surface area contributed by atoms with Crippen molar-refractivity contribution in [2.45, 2.75) is 33.1 Å². The number of ether oxygens (including phenoxy) is 1. The number of nitrogens with zero attached hydrogens (tertiary/aromatic N) is 2. The van der Waals surface area contributed by atoms with E-state index in [4.69, 9.17) is 4.74 Å². The summed E-state index contributed by atoms with van der Waals surface area (Å²) in [5, 5.41) is 4.18. The number of hydrogen-bond acceptors (Lipinski definition) is 4. The smallest absolute Gasteiger partial charge is 0.304 e. The minimum absolute atomic E-state index is 0.0890. The first-order valence-corrected chi connectivity index (χ1v) is 13.7. The number of para-hydroxylation sites is 1. The van der Waals surface area contributed by atoms with Gasteiger partial charge in [-0.25, -0.2) is 0 Å². The number of carbonyl (C=O) groups excluding carboxylic acids is 1. The molecule has 0 bridgehead atoms. The van der Waals surface area contributed by atoms with Gasteiger partial charge in [-0.15, -0.1) is 0 Å². The van der Waals surface area contributed by atoms with Crippen molar-refractivity contribution < 1.29 is 17.9 Å². The Bertz CT molecular complexity index is 1240. The Hall–Kier alpha value is -3.04. The molecule has 0 radical (unpaired) electrons. The van der Waals surface area contributed by atoms with Crippen molar-refractivity contribution in [1.82, 2.24) is 14.6 Å². The van der Waals surface area contributed by atoms with Gasteiger partial charge in [0, 0.05) is 43.3 Å². The highest BCUT2D eigenvalue weighted by atomic mass is 32.2. The van der Waals surface area contributed by atoms with Gasteiger partial charge in [-0.2, -0.15) is 12.7 Å². The summed E-state index contributed by atoms with van der Waals surface area (Å²) in [4.78, 5) is 16.2. The van der Waals surface area contributed by atoms with Gasteiger partial charge in [0.05, 0.1) is 18.2 Å². The first kappa shape index (κ1) is 25.1. The lowest BCUT2D eigenvalue weighted by Crippen LogP contribution is -2.50. The zero-order chi connectivity index (χ0) is 24.8. The maximum Gasteiger partial charge on any atom is 0.304 e. The van der Waals surface area contributed by atoms with Crippen molar-refractivity contribution in [3.05, 3.63) is 60.3 Å². The van der Waals surface area contributed by atoms with Gasteiger partial charge < -0.3 is 15.0 Å². The van der Waals surface area contributed by atoms with Gasteiger partial charge in [-0.1, -0.05) is 18.2 Å². The molecule has 35 heavy (non-hydrogen) atoms. The number of anilines is 1.